The van der Waals surface area contributed by atoms with E-state index in [1.54, 1.807) is 12.3 Å². The van der Waals surface area contributed by atoms with E-state index in [4.69, 9.17) is 0 Å². The monoisotopic (exact) mass is 399 g/mol. The van der Waals surface area contributed by atoms with Crippen LogP contribution in [0.4, 0.5) is 0 Å². The number of nitrogens with one attached hydrogen (secondary N) is 2. The predicted octanol–water partition coefficient (Wildman–Crippen LogP) is 2.76. The molecule has 2 aromatic rings. The lowest BCUT2D eigenvalue weighted by atomic mass is 9.84. The minimum atomic E-state index is -0.635. The maximum absolute atomic E-state index is 12.8. The van der Waals surface area contributed by atoms with E-state index >= 15 is 0 Å². The van der Waals surface area contributed by atoms with Crippen LogP contribution in [0.1, 0.15) is 62.0 Å². The minimum Gasteiger partial charge on any atom is -0.501 e. The Morgan fingerprint density at radius 1 is 1.24 bits per heavy atom. The van der Waals surface area contributed by atoms with Crippen LogP contribution < -0.4 is 10.6 Å². The van der Waals surface area contributed by atoms with Crippen LogP contribution in [-0.2, 0) is 6.54 Å². The van der Waals surface area contributed by atoms with Crippen LogP contribution in [0.3, 0.4) is 0 Å². The van der Waals surface area contributed by atoms with Crippen molar-refractivity contribution in [2.75, 3.05) is 6.54 Å². The smallest absolute Gasteiger partial charge is 0.274 e. The first-order valence-electron chi connectivity index (χ1n) is 10.3. The highest BCUT2D eigenvalue weighted by molar-refractivity contribution is 5.96. The summed E-state index contributed by atoms with van der Waals surface area (Å²) in [5.74, 6) is -1.28. The number of aromatic nitrogens is 3. The molecular weight excluding hydrogens is 370 g/mol. The SMILES string of the molecule is CCNCc1ccnc(-c2nc(O)c(O)c(C(=O)NC(C)C3CCCCC3)n2)c1. The molecule has 1 unspecified atom stereocenters. The summed E-state index contributed by atoms with van der Waals surface area (Å²) >= 11 is 0. The van der Waals surface area contributed by atoms with Crippen LogP contribution >= 0.6 is 0 Å². The molecule has 0 aliphatic heterocycles. The molecule has 1 atom stereocenters. The van der Waals surface area contributed by atoms with Crippen molar-refractivity contribution in [2.24, 2.45) is 5.92 Å². The van der Waals surface area contributed by atoms with Crippen LogP contribution in [-0.4, -0.2) is 43.7 Å². The van der Waals surface area contributed by atoms with Gasteiger partial charge in [0.15, 0.2) is 11.5 Å². The molecule has 4 N–H and O–H groups in total. The summed E-state index contributed by atoms with van der Waals surface area (Å²) in [6.45, 7) is 5.47. The molecule has 1 amide bonds. The van der Waals surface area contributed by atoms with Crippen molar-refractivity contribution in [1.82, 2.24) is 25.6 Å². The van der Waals surface area contributed by atoms with E-state index in [0.717, 1.165) is 24.9 Å². The molecule has 0 radical (unpaired) electrons. The number of pyridine rings is 1. The average molecular weight is 399 g/mol. The summed E-state index contributed by atoms with van der Waals surface area (Å²) in [6, 6.07) is 3.62. The quantitative estimate of drug-likeness (QED) is 0.565. The van der Waals surface area contributed by atoms with Crippen molar-refractivity contribution >= 4 is 5.91 Å². The topological polar surface area (TPSA) is 120 Å². The zero-order valence-electron chi connectivity index (χ0n) is 17.0. The molecule has 156 valence electrons. The highest BCUT2D eigenvalue weighted by atomic mass is 16.3. The van der Waals surface area contributed by atoms with E-state index in [2.05, 4.69) is 25.6 Å². The second-order valence-electron chi connectivity index (χ2n) is 7.56. The third-order valence-electron chi connectivity index (χ3n) is 5.43. The maximum Gasteiger partial charge on any atom is 0.274 e. The molecule has 0 aromatic carbocycles. The van der Waals surface area contributed by atoms with Crippen LogP contribution in [0.15, 0.2) is 18.3 Å². The van der Waals surface area contributed by atoms with Crippen molar-refractivity contribution < 1.29 is 15.0 Å². The minimum absolute atomic E-state index is 0.0377. The van der Waals surface area contributed by atoms with E-state index in [0.29, 0.717) is 18.2 Å². The third kappa shape index (κ3) is 5.20. The van der Waals surface area contributed by atoms with Crippen molar-refractivity contribution in [2.45, 2.75) is 58.5 Å². The van der Waals surface area contributed by atoms with E-state index < -0.39 is 17.5 Å². The van der Waals surface area contributed by atoms with Crippen molar-refractivity contribution in [1.29, 1.82) is 0 Å². The van der Waals surface area contributed by atoms with Gasteiger partial charge in [-0.15, -0.1) is 0 Å². The Bertz CT molecular complexity index is 852. The van der Waals surface area contributed by atoms with Crippen LogP contribution in [0.2, 0.25) is 0 Å². The maximum atomic E-state index is 12.8. The fourth-order valence-corrected chi connectivity index (χ4v) is 3.72. The first-order chi connectivity index (χ1) is 14.0. The Morgan fingerprint density at radius 2 is 2.00 bits per heavy atom. The standard InChI is InChI=1S/C21H29N5O3/c1-3-22-12-14-9-10-23-16(11-14)19-25-17(18(27)21(29)26-19)20(28)24-13(2)15-7-5-4-6-8-15/h9-11,13,15,22,27H,3-8,12H2,1-2H3,(H,24,28)(H,25,26,29). The van der Waals surface area contributed by atoms with Crippen LogP contribution in [0.5, 0.6) is 11.6 Å². The molecule has 8 nitrogen and oxygen atoms in total. The van der Waals surface area contributed by atoms with Crippen molar-refractivity contribution in [3.8, 4) is 23.1 Å². The number of carbonyl (C=O) groups is 1. The van der Waals surface area contributed by atoms with Gasteiger partial charge in [0, 0.05) is 18.8 Å². The molecule has 0 bridgehead atoms. The Labute approximate surface area is 170 Å². The summed E-state index contributed by atoms with van der Waals surface area (Å²) in [7, 11) is 0. The fourth-order valence-electron chi connectivity index (χ4n) is 3.72. The van der Waals surface area contributed by atoms with Gasteiger partial charge in [0.2, 0.25) is 5.75 Å². The van der Waals surface area contributed by atoms with Gasteiger partial charge in [-0.2, -0.15) is 4.98 Å². The summed E-state index contributed by atoms with van der Waals surface area (Å²) < 4.78 is 0. The lowest BCUT2D eigenvalue weighted by molar-refractivity contribution is 0.0910. The number of rotatable bonds is 7. The van der Waals surface area contributed by atoms with Gasteiger partial charge in [-0.3, -0.25) is 9.78 Å². The first kappa shape index (κ1) is 21.0. The third-order valence-corrected chi connectivity index (χ3v) is 5.43. The van der Waals surface area contributed by atoms with Crippen molar-refractivity contribution in [3.63, 3.8) is 0 Å². The molecule has 3 rings (SSSR count). The predicted molar refractivity (Wildman–Crippen MR) is 109 cm³/mol. The van der Waals surface area contributed by atoms with Gasteiger partial charge in [-0.25, -0.2) is 4.98 Å². The molecule has 0 spiro atoms. The summed E-state index contributed by atoms with van der Waals surface area (Å²) in [5, 5.41) is 26.4. The number of hydrogen-bond donors (Lipinski definition) is 4. The Balaban J connectivity index is 1.82. The largest absolute Gasteiger partial charge is 0.501 e. The lowest BCUT2D eigenvalue weighted by Crippen LogP contribution is -2.39. The number of carbonyl (C=O) groups excluding carboxylic acids is 1. The second kappa shape index (κ2) is 9.65. The van der Waals surface area contributed by atoms with E-state index in [1.165, 1.54) is 19.3 Å². The highest BCUT2D eigenvalue weighted by Crippen LogP contribution is 2.30. The molecule has 8 heteroatoms. The number of aromatic hydroxyl groups is 2. The molecule has 0 saturated heterocycles. The molecular formula is C21H29N5O3. The first-order valence-corrected chi connectivity index (χ1v) is 10.3. The van der Waals surface area contributed by atoms with Gasteiger partial charge in [-0.05, 0) is 49.9 Å². The van der Waals surface area contributed by atoms with Gasteiger partial charge in [-0.1, -0.05) is 26.2 Å². The molecule has 1 saturated carbocycles. The Morgan fingerprint density at radius 3 is 2.72 bits per heavy atom. The van der Waals surface area contributed by atoms with Gasteiger partial charge < -0.3 is 20.8 Å². The van der Waals surface area contributed by atoms with E-state index in [1.807, 2.05) is 19.9 Å². The molecule has 2 heterocycles. The molecule has 29 heavy (non-hydrogen) atoms. The number of amides is 1. The Kier molecular flexibility index (Phi) is 6.98. The zero-order chi connectivity index (χ0) is 20.8. The van der Waals surface area contributed by atoms with Crippen LogP contribution in [0.25, 0.3) is 11.5 Å². The van der Waals surface area contributed by atoms with Crippen LogP contribution in [0, 0.1) is 5.92 Å². The number of nitrogens with zero attached hydrogens (tertiary/aromatic N) is 3. The summed E-state index contributed by atoms with van der Waals surface area (Å²) in [5.41, 5.74) is 1.16. The zero-order valence-corrected chi connectivity index (χ0v) is 17.0. The lowest BCUT2D eigenvalue weighted by Gasteiger charge is -2.28. The molecule has 1 fully saturated rings. The number of hydrogen-bond acceptors (Lipinski definition) is 7. The molecule has 1 aliphatic carbocycles. The highest BCUT2D eigenvalue weighted by Gasteiger charge is 2.26. The van der Waals surface area contributed by atoms with Gasteiger partial charge in [0.1, 0.15) is 5.69 Å². The second-order valence-corrected chi connectivity index (χ2v) is 7.56. The van der Waals surface area contributed by atoms with Crippen molar-refractivity contribution in [3.05, 3.63) is 29.6 Å². The molecule has 2 aromatic heterocycles. The van der Waals surface area contributed by atoms with Gasteiger partial charge in [0.25, 0.3) is 11.8 Å². The van der Waals surface area contributed by atoms with Gasteiger partial charge in [0.05, 0.1) is 0 Å². The van der Waals surface area contributed by atoms with E-state index in [-0.39, 0.29) is 17.6 Å². The molecule has 1 aliphatic rings. The average Bonchev–Trinajstić information content (AvgIpc) is 2.74. The normalized spacial score (nSPS) is 15.8. The van der Waals surface area contributed by atoms with Gasteiger partial charge >= 0.3 is 0 Å². The fraction of sp³-hybridized carbons (Fsp3) is 0.524. The Hall–Kier alpha value is -2.74. The summed E-state index contributed by atoms with van der Waals surface area (Å²) in [6.07, 6.45) is 7.36. The van der Waals surface area contributed by atoms with E-state index in [9.17, 15) is 15.0 Å². The summed E-state index contributed by atoms with van der Waals surface area (Å²) in [4.78, 5) is 25.1.